The molecule has 0 aromatic carbocycles. The summed E-state index contributed by atoms with van der Waals surface area (Å²) in [5.74, 6) is 0. The zero-order chi connectivity index (χ0) is 9.68. The van der Waals surface area contributed by atoms with Gasteiger partial charge in [0.05, 0.1) is 6.54 Å². The molecule has 1 heterocycles. The van der Waals surface area contributed by atoms with Crippen molar-refractivity contribution < 1.29 is 4.74 Å². The molecule has 1 saturated heterocycles. The van der Waals surface area contributed by atoms with E-state index in [-0.39, 0.29) is 0 Å². The number of rotatable bonds is 2. The summed E-state index contributed by atoms with van der Waals surface area (Å²) in [6.45, 7) is 7.01. The van der Waals surface area contributed by atoms with E-state index >= 15 is 0 Å². The van der Waals surface area contributed by atoms with Crippen LogP contribution in [0.15, 0.2) is 4.99 Å². The Morgan fingerprint density at radius 3 is 3.08 bits per heavy atom. The van der Waals surface area contributed by atoms with E-state index in [2.05, 4.69) is 10.3 Å². The highest BCUT2D eigenvalue weighted by Crippen LogP contribution is 2.04. The number of aliphatic imine (C=N–C) groups is 1. The summed E-state index contributed by atoms with van der Waals surface area (Å²) >= 11 is 5.16. The minimum atomic E-state index is 0.647. The van der Waals surface area contributed by atoms with Crippen LogP contribution in [0, 0.1) is 0 Å². The van der Waals surface area contributed by atoms with Crippen LogP contribution in [0.3, 0.4) is 0 Å². The molecule has 0 saturated carbocycles. The molecule has 4 nitrogen and oxygen atoms in total. The average Bonchev–Trinajstić information content (AvgIpc) is 2.54. The van der Waals surface area contributed by atoms with Gasteiger partial charge in [-0.1, -0.05) is 0 Å². The second kappa shape index (κ2) is 5.01. The zero-order valence-corrected chi connectivity index (χ0v) is 8.86. The third kappa shape index (κ3) is 2.55. The summed E-state index contributed by atoms with van der Waals surface area (Å²) in [6, 6.07) is 0.647. The molecule has 0 atom stereocenters. The molecule has 0 bridgehead atoms. The molecule has 0 aromatic rings. The van der Waals surface area contributed by atoms with Crippen molar-refractivity contribution in [1.82, 2.24) is 10.2 Å². The fourth-order valence-electron chi connectivity index (χ4n) is 1.10. The van der Waals surface area contributed by atoms with Crippen LogP contribution in [0.25, 0.3) is 0 Å². The molecule has 1 aliphatic rings. The fourth-order valence-corrected chi connectivity index (χ4v) is 1.42. The highest BCUT2D eigenvalue weighted by atomic mass is 32.1. The molecule has 1 fully saturated rings. The Hall–Kier alpha value is -0.840. The van der Waals surface area contributed by atoms with Gasteiger partial charge in [-0.2, -0.15) is 0 Å². The normalized spacial score (nSPS) is 18.9. The molecule has 1 rings (SSSR count). The third-order valence-corrected chi connectivity index (χ3v) is 2.01. The number of hydrogen-bond donors (Lipinski definition) is 1. The average molecular weight is 201 g/mol. The maximum Gasteiger partial charge on any atom is 0.293 e. The predicted octanol–water partition coefficient (Wildman–Crippen LogP) is 0.589. The number of nitrogens with zero attached hydrogens (tertiary/aromatic N) is 2. The summed E-state index contributed by atoms with van der Waals surface area (Å²) in [7, 11) is 0. The summed E-state index contributed by atoms with van der Waals surface area (Å²) < 4.78 is 5.32. The van der Waals surface area contributed by atoms with E-state index in [0.717, 1.165) is 19.6 Å². The van der Waals surface area contributed by atoms with Gasteiger partial charge in [0.15, 0.2) is 5.11 Å². The van der Waals surface area contributed by atoms with Crippen molar-refractivity contribution >= 4 is 23.4 Å². The van der Waals surface area contributed by atoms with Gasteiger partial charge < -0.3 is 10.1 Å². The third-order valence-electron chi connectivity index (χ3n) is 1.64. The lowest BCUT2D eigenvalue weighted by molar-refractivity contribution is 0.351. The van der Waals surface area contributed by atoms with Gasteiger partial charge in [0.1, 0.15) is 6.61 Å². The molecular weight excluding hydrogens is 186 g/mol. The van der Waals surface area contributed by atoms with Crippen molar-refractivity contribution in [1.29, 1.82) is 0 Å². The second-order valence-electron chi connectivity index (χ2n) is 2.59. The molecule has 74 valence electrons. The first-order chi connectivity index (χ1) is 6.29. The Kier molecular flexibility index (Phi) is 3.95. The molecule has 0 amide bonds. The fraction of sp³-hybridized carbons (Fsp3) is 0.750. The number of ether oxygens (including phenoxy) is 1. The maximum atomic E-state index is 5.32. The van der Waals surface area contributed by atoms with E-state index in [1.807, 2.05) is 18.7 Å². The second-order valence-corrected chi connectivity index (χ2v) is 2.98. The Morgan fingerprint density at radius 2 is 2.46 bits per heavy atom. The van der Waals surface area contributed by atoms with Crippen molar-refractivity contribution in [2.45, 2.75) is 13.8 Å². The van der Waals surface area contributed by atoms with Gasteiger partial charge in [0.25, 0.3) is 6.02 Å². The molecule has 0 radical (unpaired) electrons. The number of hydrogen-bond acceptors (Lipinski definition) is 3. The first kappa shape index (κ1) is 10.2. The van der Waals surface area contributed by atoms with Gasteiger partial charge in [-0.25, -0.2) is 4.99 Å². The van der Waals surface area contributed by atoms with E-state index in [4.69, 9.17) is 17.0 Å². The lowest BCUT2D eigenvalue weighted by atomic mass is 10.6. The van der Waals surface area contributed by atoms with Crippen LogP contribution in [-0.2, 0) is 4.74 Å². The van der Waals surface area contributed by atoms with Crippen LogP contribution >= 0.6 is 12.2 Å². The molecule has 0 aromatic heterocycles. The highest BCUT2D eigenvalue weighted by Gasteiger charge is 2.22. The van der Waals surface area contributed by atoms with Crippen LogP contribution in [-0.4, -0.2) is 42.3 Å². The van der Waals surface area contributed by atoms with Gasteiger partial charge in [-0.05, 0) is 26.1 Å². The Morgan fingerprint density at radius 1 is 1.69 bits per heavy atom. The van der Waals surface area contributed by atoms with Crippen LogP contribution in [0.1, 0.15) is 13.8 Å². The minimum absolute atomic E-state index is 0.647. The van der Waals surface area contributed by atoms with E-state index in [0.29, 0.717) is 17.7 Å². The largest absolute Gasteiger partial charge is 0.463 e. The first-order valence-electron chi connectivity index (χ1n) is 4.52. The summed E-state index contributed by atoms with van der Waals surface area (Å²) in [4.78, 5) is 6.09. The van der Waals surface area contributed by atoms with Crippen LogP contribution in [0.2, 0.25) is 0 Å². The molecule has 13 heavy (non-hydrogen) atoms. The van der Waals surface area contributed by atoms with Crippen LogP contribution < -0.4 is 5.32 Å². The van der Waals surface area contributed by atoms with Crippen LogP contribution in [0.5, 0.6) is 0 Å². The van der Waals surface area contributed by atoms with Gasteiger partial charge in [0.2, 0.25) is 0 Å². The summed E-state index contributed by atoms with van der Waals surface area (Å²) in [5, 5.41) is 3.77. The molecule has 0 unspecified atom stereocenters. The van der Waals surface area contributed by atoms with Crippen LogP contribution in [0.4, 0.5) is 0 Å². The molecular formula is C8H15N3OS. The lowest BCUT2D eigenvalue weighted by Crippen LogP contribution is -2.40. The molecule has 1 N–H and O–H groups in total. The topological polar surface area (TPSA) is 36.9 Å². The number of nitrogens with one attached hydrogen (secondary N) is 1. The Labute approximate surface area is 84.0 Å². The number of amidine groups is 1. The molecule has 5 heteroatoms. The van der Waals surface area contributed by atoms with Gasteiger partial charge >= 0.3 is 0 Å². The monoisotopic (exact) mass is 201 g/mol. The summed E-state index contributed by atoms with van der Waals surface area (Å²) in [6.07, 6.45) is 0. The SMILES string of the molecule is CCN=C1OCCN1C(=S)NCC. The van der Waals surface area contributed by atoms with E-state index in [9.17, 15) is 0 Å². The van der Waals surface area contributed by atoms with Crippen molar-refractivity contribution in [3.8, 4) is 0 Å². The van der Waals surface area contributed by atoms with Gasteiger partial charge in [-0.3, -0.25) is 4.90 Å². The molecule has 0 spiro atoms. The van der Waals surface area contributed by atoms with E-state index < -0.39 is 0 Å². The van der Waals surface area contributed by atoms with Crippen molar-refractivity contribution in [3.05, 3.63) is 0 Å². The minimum Gasteiger partial charge on any atom is -0.463 e. The lowest BCUT2D eigenvalue weighted by Gasteiger charge is -2.16. The van der Waals surface area contributed by atoms with E-state index in [1.54, 1.807) is 0 Å². The van der Waals surface area contributed by atoms with Crippen molar-refractivity contribution in [2.75, 3.05) is 26.2 Å². The van der Waals surface area contributed by atoms with E-state index in [1.165, 1.54) is 0 Å². The Balaban J connectivity index is 2.57. The smallest absolute Gasteiger partial charge is 0.293 e. The Bertz CT molecular complexity index is 217. The number of thiocarbonyl (C=S) groups is 1. The first-order valence-corrected chi connectivity index (χ1v) is 4.93. The quantitative estimate of drug-likeness (QED) is 0.663. The van der Waals surface area contributed by atoms with Gasteiger partial charge in [-0.15, -0.1) is 0 Å². The standard InChI is InChI=1S/C8H15N3OS/c1-3-9-7-11(5-6-12-7)8(13)10-4-2/h3-6H2,1-2H3,(H,10,13). The van der Waals surface area contributed by atoms with Gasteiger partial charge in [0, 0.05) is 13.1 Å². The zero-order valence-electron chi connectivity index (χ0n) is 8.04. The molecule has 0 aliphatic carbocycles. The van der Waals surface area contributed by atoms with Crippen molar-refractivity contribution in [3.63, 3.8) is 0 Å². The predicted molar refractivity (Wildman–Crippen MR) is 56.9 cm³/mol. The highest BCUT2D eigenvalue weighted by molar-refractivity contribution is 7.80. The van der Waals surface area contributed by atoms with Crippen molar-refractivity contribution in [2.24, 2.45) is 4.99 Å². The maximum absolute atomic E-state index is 5.32. The summed E-state index contributed by atoms with van der Waals surface area (Å²) in [5.41, 5.74) is 0. The molecule has 1 aliphatic heterocycles.